The number of allylic oxidation sites excluding steroid dienone is 1. The van der Waals surface area contributed by atoms with Crippen molar-refractivity contribution in [2.45, 2.75) is 6.04 Å². The zero-order chi connectivity index (χ0) is 15.1. The smallest absolute Gasteiger partial charge is 0.226 e. The van der Waals surface area contributed by atoms with Crippen molar-refractivity contribution in [1.29, 1.82) is 0 Å². The quantitative estimate of drug-likeness (QED) is 0.789. The molecule has 110 valence electrons. The molecular weight excluding hydrogens is 290 g/mol. The molecule has 1 N–H and O–H groups in total. The Bertz CT molecular complexity index is 834. The summed E-state index contributed by atoms with van der Waals surface area (Å²) in [7, 11) is 0. The summed E-state index contributed by atoms with van der Waals surface area (Å²) in [6.07, 6.45) is 4.71. The molecule has 1 aliphatic rings. The highest BCUT2D eigenvalue weighted by Gasteiger charge is 2.25. The van der Waals surface area contributed by atoms with E-state index in [1.165, 1.54) is 18.5 Å². The second kappa shape index (κ2) is 4.80. The number of fused-ring (bicyclic) bond motifs is 1. The molecule has 1 aliphatic heterocycles. The molecule has 0 bridgehead atoms. The van der Waals surface area contributed by atoms with Gasteiger partial charge in [-0.05, 0) is 35.9 Å². The molecule has 2 aromatic heterocycles. The average molecular weight is 300 g/mol. The Morgan fingerprint density at radius 2 is 2.00 bits per heavy atom. The predicted octanol–water partition coefficient (Wildman–Crippen LogP) is 3.21. The zero-order valence-electron chi connectivity index (χ0n) is 11.2. The molecule has 22 heavy (non-hydrogen) atoms. The summed E-state index contributed by atoms with van der Waals surface area (Å²) in [5, 5.41) is 7.19. The van der Waals surface area contributed by atoms with Crippen LogP contribution in [0, 0.1) is 11.6 Å². The van der Waals surface area contributed by atoms with Crippen LogP contribution in [-0.4, -0.2) is 14.8 Å². The second-order valence-corrected chi connectivity index (χ2v) is 4.86. The van der Waals surface area contributed by atoms with Crippen LogP contribution in [0.2, 0.25) is 0 Å². The van der Waals surface area contributed by atoms with Crippen LogP contribution in [0.15, 0.2) is 53.4 Å². The van der Waals surface area contributed by atoms with Crippen LogP contribution >= 0.6 is 0 Å². The minimum absolute atomic E-state index is 0.440. The van der Waals surface area contributed by atoms with E-state index in [1.807, 2.05) is 0 Å². The van der Waals surface area contributed by atoms with Crippen LogP contribution in [-0.2, 0) is 0 Å². The van der Waals surface area contributed by atoms with Crippen LogP contribution < -0.4 is 5.32 Å². The lowest BCUT2D eigenvalue weighted by molar-refractivity contribution is 0.544. The molecule has 1 unspecified atom stereocenters. The van der Waals surface area contributed by atoms with Crippen molar-refractivity contribution in [2.24, 2.45) is 0 Å². The largest absolute Gasteiger partial charge is 0.463 e. The first-order valence-corrected chi connectivity index (χ1v) is 6.59. The second-order valence-electron chi connectivity index (χ2n) is 4.86. The lowest BCUT2D eigenvalue weighted by Crippen LogP contribution is -2.20. The number of furan rings is 1. The van der Waals surface area contributed by atoms with Crippen LogP contribution in [0.3, 0.4) is 0 Å². The van der Waals surface area contributed by atoms with E-state index in [1.54, 1.807) is 29.2 Å². The van der Waals surface area contributed by atoms with Crippen molar-refractivity contribution in [3.8, 4) is 0 Å². The average Bonchev–Trinajstić information content (AvgIpc) is 3.16. The summed E-state index contributed by atoms with van der Waals surface area (Å²) in [5.74, 6) is -0.189. The summed E-state index contributed by atoms with van der Waals surface area (Å²) in [6.45, 7) is 0. The molecule has 0 radical (unpaired) electrons. The molecule has 3 aromatic rings. The van der Waals surface area contributed by atoms with Crippen LogP contribution in [0.4, 0.5) is 14.7 Å². The number of hydrogen-bond donors (Lipinski definition) is 1. The highest BCUT2D eigenvalue weighted by atomic mass is 19.1. The fourth-order valence-electron chi connectivity index (χ4n) is 2.49. The Labute approximate surface area is 123 Å². The van der Waals surface area contributed by atoms with Crippen LogP contribution in [0.1, 0.15) is 17.4 Å². The van der Waals surface area contributed by atoms with Crippen molar-refractivity contribution in [3.63, 3.8) is 0 Å². The summed E-state index contributed by atoms with van der Waals surface area (Å²) in [6, 6.07) is 6.46. The molecule has 5 nitrogen and oxygen atoms in total. The maximum Gasteiger partial charge on any atom is 0.226 e. The zero-order valence-corrected chi connectivity index (χ0v) is 11.2. The number of halogens is 2. The van der Waals surface area contributed by atoms with Gasteiger partial charge in [-0.1, -0.05) is 0 Å². The van der Waals surface area contributed by atoms with Crippen LogP contribution in [0.25, 0.3) is 5.70 Å². The van der Waals surface area contributed by atoms with E-state index in [2.05, 4.69) is 15.4 Å². The minimum atomic E-state index is -0.636. The fourth-order valence-corrected chi connectivity index (χ4v) is 2.49. The Morgan fingerprint density at radius 3 is 2.73 bits per heavy atom. The first-order valence-electron chi connectivity index (χ1n) is 6.59. The molecule has 3 heterocycles. The van der Waals surface area contributed by atoms with Gasteiger partial charge in [-0.25, -0.2) is 13.5 Å². The minimum Gasteiger partial charge on any atom is -0.463 e. The molecular formula is C15H10F2N4O. The highest BCUT2D eigenvalue weighted by molar-refractivity contribution is 5.74. The number of rotatable bonds is 2. The van der Waals surface area contributed by atoms with Gasteiger partial charge in [-0.3, -0.25) is 0 Å². The first kappa shape index (κ1) is 12.8. The first-order chi connectivity index (χ1) is 10.7. The number of nitrogens with zero attached hydrogens (tertiary/aromatic N) is 3. The van der Waals surface area contributed by atoms with Crippen LogP contribution in [0.5, 0.6) is 0 Å². The van der Waals surface area contributed by atoms with Crippen molar-refractivity contribution in [3.05, 3.63) is 72.0 Å². The van der Waals surface area contributed by atoms with E-state index >= 15 is 0 Å². The molecule has 1 atom stereocenters. The van der Waals surface area contributed by atoms with E-state index in [9.17, 15) is 8.78 Å². The predicted molar refractivity (Wildman–Crippen MR) is 74.8 cm³/mol. The van der Waals surface area contributed by atoms with E-state index in [0.717, 1.165) is 6.07 Å². The van der Waals surface area contributed by atoms with Gasteiger partial charge in [0.1, 0.15) is 29.8 Å². The van der Waals surface area contributed by atoms with Gasteiger partial charge in [0, 0.05) is 6.07 Å². The van der Waals surface area contributed by atoms with Gasteiger partial charge in [-0.2, -0.15) is 10.1 Å². The molecule has 0 spiro atoms. The Kier molecular flexibility index (Phi) is 2.78. The van der Waals surface area contributed by atoms with E-state index < -0.39 is 17.7 Å². The molecule has 0 amide bonds. The van der Waals surface area contributed by atoms with Crippen molar-refractivity contribution in [1.82, 2.24) is 14.8 Å². The standard InChI is InChI=1S/C15H10F2N4O/c16-10-4-9(5-11(17)6-10)13-7-12(14-2-1-3-22-14)20-15-18-8-19-21(13)15/h1-8,13H,(H,18,19,20). The van der Waals surface area contributed by atoms with Gasteiger partial charge in [0.2, 0.25) is 5.95 Å². The topological polar surface area (TPSA) is 55.9 Å². The number of benzene rings is 1. The molecule has 1 aromatic carbocycles. The van der Waals surface area contributed by atoms with Gasteiger partial charge in [-0.15, -0.1) is 0 Å². The monoisotopic (exact) mass is 300 g/mol. The Hall–Kier alpha value is -2.96. The van der Waals surface area contributed by atoms with Gasteiger partial charge in [0.25, 0.3) is 0 Å². The third-order valence-electron chi connectivity index (χ3n) is 3.42. The van der Waals surface area contributed by atoms with Gasteiger partial charge in [0.05, 0.1) is 12.0 Å². The number of nitrogens with one attached hydrogen (secondary N) is 1. The van der Waals surface area contributed by atoms with Gasteiger partial charge in [0.15, 0.2) is 0 Å². The molecule has 4 rings (SSSR count). The maximum absolute atomic E-state index is 13.5. The van der Waals surface area contributed by atoms with Crippen molar-refractivity contribution in [2.75, 3.05) is 5.32 Å². The Morgan fingerprint density at radius 1 is 1.18 bits per heavy atom. The Balaban J connectivity index is 1.86. The number of anilines is 1. The van der Waals surface area contributed by atoms with E-state index in [0.29, 0.717) is 23.0 Å². The van der Waals surface area contributed by atoms with E-state index in [4.69, 9.17) is 4.42 Å². The maximum atomic E-state index is 13.5. The lowest BCUT2D eigenvalue weighted by atomic mass is 10.0. The summed E-state index contributed by atoms with van der Waals surface area (Å²) >= 11 is 0. The summed E-state index contributed by atoms with van der Waals surface area (Å²) in [4.78, 5) is 4.11. The fraction of sp³-hybridized carbons (Fsp3) is 0.0667. The highest BCUT2D eigenvalue weighted by Crippen LogP contribution is 2.32. The summed E-state index contributed by atoms with van der Waals surface area (Å²) < 4.78 is 33.9. The van der Waals surface area contributed by atoms with E-state index in [-0.39, 0.29) is 0 Å². The SMILES string of the molecule is Fc1cc(F)cc(C2C=C(c3ccco3)Nc3ncnn32)c1. The van der Waals surface area contributed by atoms with Gasteiger partial charge >= 0.3 is 0 Å². The number of aromatic nitrogens is 3. The van der Waals surface area contributed by atoms with Gasteiger partial charge < -0.3 is 9.73 Å². The molecule has 0 saturated carbocycles. The van der Waals surface area contributed by atoms with Crippen molar-refractivity contribution >= 4 is 11.6 Å². The lowest BCUT2D eigenvalue weighted by Gasteiger charge is -2.23. The van der Waals surface area contributed by atoms with Crippen molar-refractivity contribution < 1.29 is 13.2 Å². The third-order valence-corrected chi connectivity index (χ3v) is 3.42. The molecule has 7 heteroatoms. The normalized spacial score (nSPS) is 16.8. The third kappa shape index (κ3) is 2.07. The molecule has 0 aliphatic carbocycles. The molecule has 0 fully saturated rings. The molecule has 0 saturated heterocycles. The summed E-state index contributed by atoms with van der Waals surface area (Å²) in [5.41, 5.74) is 1.11. The number of hydrogen-bond acceptors (Lipinski definition) is 4.